The molecule has 0 saturated carbocycles. The van der Waals surface area contributed by atoms with Crippen LogP contribution in [-0.4, -0.2) is 53.2 Å². The van der Waals surface area contributed by atoms with Crippen LogP contribution in [0.2, 0.25) is 0 Å². The van der Waals surface area contributed by atoms with Crippen LogP contribution in [0.5, 0.6) is 0 Å². The normalized spacial score (nSPS) is 16.5. The van der Waals surface area contributed by atoms with Crippen LogP contribution in [0, 0.1) is 5.82 Å². The molecule has 1 aromatic carbocycles. The molecule has 0 aliphatic carbocycles. The number of hydrogen-bond acceptors (Lipinski definition) is 4. The van der Waals surface area contributed by atoms with Gasteiger partial charge in [-0.2, -0.15) is 0 Å². The van der Waals surface area contributed by atoms with E-state index in [4.69, 9.17) is 0 Å². The summed E-state index contributed by atoms with van der Waals surface area (Å²) in [5.74, 6) is 1.91. The minimum absolute atomic E-state index is 0.188. The van der Waals surface area contributed by atoms with Crippen LogP contribution in [0.4, 0.5) is 10.2 Å². The van der Waals surface area contributed by atoms with Gasteiger partial charge >= 0.3 is 0 Å². The Morgan fingerprint density at radius 3 is 2.84 bits per heavy atom. The van der Waals surface area contributed by atoms with Crippen molar-refractivity contribution >= 4 is 11.8 Å². The van der Waals surface area contributed by atoms with Gasteiger partial charge < -0.3 is 20.1 Å². The first-order valence-corrected chi connectivity index (χ1v) is 10.6. The Balaban J connectivity index is 1.26. The van der Waals surface area contributed by atoms with Crippen molar-refractivity contribution in [3.63, 3.8) is 0 Å². The molecular weight excluding hydrogens is 393 g/mol. The average Bonchev–Trinajstić information content (AvgIpc) is 3.44. The topological polar surface area (TPSA) is 70.4 Å². The fraction of sp³-hybridized carbons (Fsp3) is 0.348. The second-order valence-electron chi connectivity index (χ2n) is 7.59. The van der Waals surface area contributed by atoms with Crippen LogP contribution in [0.15, 0.2) is 66.0 Å². The van der Waals surface area contributed by atoms with Gasteiger partial charge in [0, 0.05) is 64.3 Å². The zero-order valence-corrected chi connectivity index (χ0v) is 17.7. The number of aliphatic imine (C=N–C) groups is 1. The van der Waals surface area contributed by atoms with Crippen LogP contribution in [0.3, 0.4) is 0 Å². The molecule has 4 rings (SSSR count). The average molecular weight is 422 g/mol. The van der Waals surface area contributed by atoms with E-state index >= 15 is 0 Å². The van der Waals surface area contributed by atoms with Gasteiger partial charge in [-0.3, -0.25) is 4.99 Å². The van der Waals surface area contributed by atoms with Crippen LogP contribution >= 0.6 is 0 Å². The third kappa shape index (κ3) is 5.39. The van der Waals surface area contributed by atoms with Crippen molar-refractivity contribution in [2.45, 2.75) is 25.4 Å². The molecule has 8 heteroatoms. The lowest BCUT2D eigenvalue weighted by Crippen LogP contribution is -2.45. The maximum Gasteiger partial charge on any atom is 0.191 e. The number of imidazole rings is 1. The van der Waals surface area contributed by atoms with E-state index in [1.807, 2.05) is 23.4 Å². The molecule has 3 heterocycles. The van der Waals surface area contributed by atoms with Crippen molar-refractivity contribution < 1.29 is 4.39 Å². The first kappa shape index (κ1) is 20.8. The Labute approximate surface area is 182 Å². The fourth-order valence-electron chi connectivity index (χ4n) is 3.85. The zero-order chi connectivity index (χ0) is 21.5. The number of benzene rings is 1. The Bertz CT molecular complexity index is 1000. The Hall–Kier alpha value is -3.42. The van der Waals surface area contributed by atoms with Crippen LogP contribution < -0.4 is 15.5 Å². The van der Waals surface area contributed by atoms with Gasteiger partial charge in [-0.05, 0) is 24.1 Å². The molecular formula is C23H28FN7. The van der Waals surface area contributed by atoms with E-state index in [9.17, 15) is 4.39 Å². The number of anilines is 1. The van der Waals surface area contributed by atoms with E-state index in [0.717, 1.165) is 44.3 Å². The Morgan fingerprint density at radius 2 is 2.03 bits per heavy atom. The molecule has 0 radical (unpaired) electrons. The van der Waals surface area contributed by atoms with Gasteiger partial charge in [0.15, 0.2) is 17.6 Å². The smallest absolute Gasteiger partial charge is 0.191 e. The maximum absolute atomic E-state index is 14.0. The highest BCUT2D eigenvalue weighted by Gasteiger charge is 2.25. The summed E-state index contributed by atoms with van der Waals surface area (Å²) in [5, 5.41) is 6.81. The number of nitrogens with zero attached hydrogens (tertiary/aromatic N) is 5. The molecule has 1 unspecified atom stereocenters. The summed E-state index contributed by atoms with van der Waals surface area (Å²) in [6.45, 7) is 2.98. The summed E-state index contributed by atoms with van der Waals surface area (Å²) in [7, 11) is 1.76. The predicted octanol–water partition coefficient (Wildman–Crippen LogP) is 2.45. The van der Waals surface area contributed by atoms with E-state index in [1.54, 1.807) is 19.3 Å². The summed E-state index contributed by atoms with van der Waals surface area (Å²) in [6, 6.07) is 13.6. The highest BCUT2D eigenvalue weighted by Crippen LogP contribution is 2.20. The summed E-state index contributed by atoms with van der Waals surface area (Å²) >= 11 is 0. The number of halogens is 1. The molecule has 2 aromatic heterocycles. The summed E-state index contributed by atoms with van der Waals surface area (Å²) in [4.78, 5) is 15.0. The van der Waals surface area contributed by atoms with E-state index in [1.165, 1.54) is 11.6 Å². The second kappa shape index (κ2) is 10.1. The third-order valence-corrected chi connectivity index (χ3v) is 5.43. The largest absolute Gasteiger partial charge is 0.356 e. The lowest BCUT2D eigenvalue weighted by atomic mass is 10.2. The zero-order valence-electron chi connectivity index (χ0n) is 17.7. The molecule has 1 aliphatic rings. The van der Waals surface area contributed by atoms with Crippen LogP contribution in [0.25, 0.3) is 0 Å². The molecule has 0 amide bonds. The van der Waals surface area contributed by atoms with Crippen LogP contribution in [-0.2, 0) is 13.0 Å². The first-order chi connectivity index (χ1) is 15.2. The highest BCUT2D eigenvalue weighted by molar-refractivity contribution is 5.80. The van der Waals surface area contributed by atoms with Crippen molar-refractivity contribution in [1.29, 1.82) is 0 Å². The molecule has 162 valence electrons. The minimum atomic E-state index is -0.281. The van der Waals surface area contributed by atoms with Gasteiger partial charge in [0.05, 0.1) is 0 Å². The monoisotopic (exact) mass is 421 g/mol. The van der Waals surface area contributed by atoms with Gasteiger partial charge in [-0.15, -0.1) is 0 Å². The molecule has 1 atom stereocenters. The molecule has 3 aromatic rings. The molecule has 31 heavy (non-hydrogen) atoms. The SMILES string of the molecule is CN=C(NCCc1nccn1Cc1ccccc1)NC1CCN(c2ncccc2F)C1. The quantitative estimate of drug-likeness (QED) is 0.453. The summed E-state index contributed by atoms with van der Waals surface area (Å²) < 4.78 is 16.2. The number of pyridine rings is 1. The lowest BCUT2D eigenvalue weighted by molar-refractivity contribution is 0.612. The minimum Gasteiger partial charge on any atom is -0.356 e. The number of guanidine groups is 1. The van der Waals surface area contributed by atoms with E-state index in [0.29, 0.717) is 12.4 Å². The molecule has 2 N–H and O–H groups in total. The molecule has 1 fully saturated rings. The van der Waals surface area contributed by atoms with Crippen molar-refractivity contribution in [3.8, 4) is 0 Å². The van der Waals surface area contributed by atoms with Crippen molar-refractivity contribution in [1.82, 2.24) is 25.2 Å². The van der Waals surface area contributed by atoms with Gasteiger partial charge in [0.25, 0.3) is 0 Å². The number of aromatic nitrogens is 3. The van der Waals surface area contributed by atoms with Crippen molar-refractivity contribution in [3.05, 3.63) is 78.3 Å². The Kier molecular flexibility index (Phi) is 6.76. The van der Waals surface area contributed by atoms with Gasteiger partial charge in [-0.1, -0.05) is 30.3 Å². The number of nitrogens with one attached hydrogen (secondary N) is 2. The van der Waals surface area contributed by atoms with Crippen molar-refractivity contribution in [2.75, 3.05) is 31.6 Å². The first-order valence-electron chi connectivity index (χ1n) is 10.6. The van der Waals surface area contributed by atoms with Gasteiger partial charge in [0.2, 0.25) is 0 Å². The molecule has 0 bridgehead atoms. The molecule has 0 spiro atoms. The van der Waals surface area contributed by atoms with Crippen molar-refractivity contribution in [2.24, 2.45) is 4.99 Å². The fourth-order valence-corrected chi connectivity index (χ4v) is 3.85. The second-order valence-corrected chi connectivity index (χ2v) is 7.59. The molecule has 1 saturated heterocycles. The lowest BCUT2D eigenvalue weighted by Gasteiger charge is -2.20. The predicted molar refractivity (Wildman–Crippen MR) is 121 cm³/mol. The van der Waals surface area contributed by atoms with E-state index in [-0.39, 0.29) is 11.9 Å². The number of hydrogen-bond donors (Lipinski definition) is 2. The standard InChI is InChI=1S/C23H28FN7/c1-25-23(29-19-10-14-31(17-19)22-20(24)8-5-11-27-22)28-12-9-21-26-13-15-30(21)16-18-6-3-2-4-7-18/h2-8,11,13,15,19H,9-10,12,14,16-17H2,1H3,(H2,25,28,29). The van der Waals surface area contributed by atoms with E-state index < -0.39 is 0 Å². The summed E-state index contributed by atoms with van der Waals surface area (Å²) in [6.07, 6.45) is 7.17. The van der Waals surface area contributed by atoms with Gasteiger partial charge in [-0.25, -0.2) is 14.4 Å². The number of rotatable bonds is 7. The van der Waals surface area contributed by atoms with E-state index in [2.05, 4.69) is 54.4 Å². The highest BCUT2D eigenvalue weighted by atomic mass is 19.1. The maximum atomic E-state index is 14.0. The molecule has 1 aliphatic heterocycles. The molecule has 7 nitrogen and oxygen atoms in total. The summed E-state index contributed by atoms with van der Waals surface area (Å²) in [5.41, 5.74) is 1.25. The van der Waals surface area contributed by atoms with Gasteiger partial charge in [0.1, 0.15) is 5.82 Å². The Morgan fingerprint density at radius 1 is 1.16 bits per heavy atom. The van der Waals surface area contributed by atoms with Crippen LogP contribution in [0.1, 0.15) is 17.8 Å². The third-order valence-electron chi connectivity index (χ3n) is 5.43.